The Morgan fingerprint density at radius 2 is 2.16 bits per heavy atom. The minimum atomic E-state index is -1.08. The van der Waals surface area contributed by atoms with Crippen molar-refractivity contribution in [1.82, 2.24) is 25.1 Å². The van der Waals surface area contributed by atoms with Gasteiger partial charge in [-0.05, 0) is 18.7 Å². The van der Waals surface area contributed by atoms with Crippen molar-refractivity contribution < 1.29 is 9.90 Å². The zero-order valence-corrected chi connectivity index (χ0v) is 11.5. The molecule has 0 spiro atoms. The van der Waals surface area contributed by atoms with Crippen molar-refractivity contribution in [2.45, 2.75) is 36.7 Å². The number of carbonyl (C=O) groups is 1. The highest BCUT2D eigenvalue weighted by molar-refractivity contribution is 7.99. The summed E-state index contributed by atoms with van der Waals surface area (Å²) in [6.07, 6.45) is 1.50. The van der Waals surface area contributed by atoms with Crippen LogP contribution in [0.5, 0.6) is 0 Å². The number of carboxylic acids is 1. The molecule has 0 fully saturated rings. The number of H-pyrrole nitrogens is 1. The Balaban J connectivity index is 2.36. The average molecular weight is 279 g/mol. The van der Waals surface area contributed by atoms with Gasteiger partial charge in [0.2, 0.25) is 5.16 Å². The van der Waals surface area contributed by atoms with E-state index in [1.165, 1.54) is 6.20 Å². The van der Waals surface area contributed by atoms with Crippen LogP contribution in [0.15, 0.2) is 16.2 Å². The topological polar surface area (TPSA) is 105 Å². The molecule has 19 heavy (non-hydrogen) atoms. The van der Waals surface area contributed by atoms with Gasteiger partial charge in [0.05, 0.1) is 4.90 Å². The van der Waals surface area contributed by atoms with Gasteiger partial charge in [-0.25, -0.2) is 19.7 Å². The highest BCUT2D eigenvalue weighted by atomic mass is 32.2. The first-order valence-electron chi connectivity index (χ1n) is 5.64. The maximum Gasteiger partial charge on any atom is 0.355 e. The molecule has 0 amide bonds. The Morgan fingerprint density at radius 3 is 2.68 bits per heavy atom. The van der Waals surface area contributed by atoms with Crippen molar-refractivity contribution in [2.75, 3.05) is 0 Å². The van der Waals surface area contributed by atoms with Crippen LogP contribution in [0.2, 0.25) is 0 Å². The van der Waals surface area contributed by atoms with E-state index in [4.69, 9.17) is 0 Å². The number of nitrogens with zero attached hydrogens (tertiary/aromatic N) is 4. The van der Waals surface area contributed by atoms with E-state index in [2.05, 4.69) is 25.1 Å². The third kappa shape index (κ3) is 3.08. The van der Waals surface area contributed by atoms with E-state index in [9.17, 15) is 9.90 Å². The molecule has 7 nitrogen and oxygen atoms in total. The van der Waals surface area contributed by atoms with Crippen LogP contribution in [0.4, 0.5) is 0 Å². The Bertz CT molecular complexity index is 611. The van der Waals surface area contributed by atoms with Gasteiger partial charge in [-0.2, -0.15) is 0 Å². The molecule has 0 aliphatic carbocycles. The lowest BCUT2D eigenvalue weighted by molar-refractivity contribution is 0.0685. The van der Waals surface area contributed by atoms with Gasteiger partial charge >= 0.3 is 5.97 Å². The normalized spacial score (nSPS) is 10.9. The van der Waals surface area contributed by atoms with Crippen LogP contribution in [-0.2, 0) is 0 Å². The van der Waals surface area contributed by atoms with Crippen molar-refractivity contribution in [2.24, 2.45) is 0 Å². The molecular weight excluding hydrogens is 266 g/mol. The quantitative estimate of drug-likeness (QED) is 0.880. The van der Waals surface area contributed by atoms with Gasteiger partial charge in [0.25, 0.3) is 0 Å². The van der Waals surface area contributed by atoms with Crippen molar-refractivity contribution in [1.29, 1.82) is 0 Å². The number of rotatable bonds is 4. The molecule has 0 radical (unpaired) electrons. The van der Waals surface area contributed by atoms with E-state index in [0.29, 0.717) is 21.7 Å². The second-order valence-electron chi connectivity index (χ2n) is 4.21. The molecule has 0 bridgehead atoms. The lowest BCUT2D eigenvalue weighted by Gasteiger charge is -2.07. The van der Waals surface area contributed by atoms with E-state index >= 15 is 0 Å². The SMILES string of the molecule is Cc1nc(Sc2cnc(C(C)C)nc2C(=O)O)n[nH]1. The second kappa shape index (κ2) is 5.35. The monoisotopic (exact) mass is 279 g/mol. The standard InChI is InChI=1S/C11H13N5O2S/c1-5(2)9-12-4-7(8(14-9)10(17)18)19-11-13-6(3)15-16-11/h4-5H,1-3H3,(H,17,18)(H,13,15,16). The van der Waals surface area contributed by atoms with Crippen LogP contribution >= 0.6 is 11.8 Å². The van der Waals surface area contributed by atoms with Gasteiger partial charge in [-0.15, -0.1) is 5.10 Å². The van der Waals surface area contributed by atoms with Crippen molar-refractivity contribution >= 4 is 17.7 Å². The van der Waals surface area contributed by atoms with Gasteiger partial charge < -0.3 is 5.11 Å². The predicted molar refractivity (Wildman–Crippen MR) is 68.3 cm³/mol. The molecule has 0 saturated carbocycles. The van der Waals surface area contributed by atoms with Crippen molar-refractivity contribution in [3.63, 3.8) is 0 Å². The highest BCUT2D eigenvalue weighted by Gasteiger charge is 2.17. The number of hydrogen-bond donors (Lipinski definition) is 2. The van der Waals surface area contributed by atoms with Crippen LogP contribution < -0.4 is 0 Å². The highest BCUT2D eigenvalue weighted by Crippen LogP contribution is 2.27. The van der Waals surface area contributed by atoms with Crippen LogP contribution in [0, 0.1) is 6.92 Å². The summed E-state index contributed by atoms with van der Waals surface area (Å²) < 4.78 is 0. The third-order valence-corrected chi connectivity index (χ3v) is 3.15. The van der Waals surface area contributed by atoms with Crippen molar-refractivity contribution in [3.05, 3.63) is 23.5 Å². The Kier molecular flexibility index (Phi) is 3.79. The van der Waals surface area contributed by atoms with E-state index in [1.54, 1.807) is 6.92 Å². The Labute approximate surface area is 113 Å². The molecule has 2 rings (SSSR count). The number of nitrogens with one attached hydrogen (secondary N) is 1. The minimum Gasteiger partial charge on any atom is -0.476 e. The number of hydrogen-bond acceptors (Lipinski definition) is 6. The number of aryl methyl sites for hydroxylation is 1. The Hall–Kier alpha value is -1.96. The summed E-state index contributed by atoms with van der Waals surface area (Å²) in [5, 5.41) is 16.3. The summed E-state index contributed by atoms with van der Waals surface area (Å²) >= 11 is 1.12. The Morgan fingerprint density at radius 1 is 1.42 bits per heavy atom. The van der Waals surface area contributed by atoms with Gasteiger partial charge in [-0.3, -0.25) is 5.10 Å². The number of carboxylic acid groups (broad SMARTS) is 1. The molecular formula is C11H13N5O2S. The summed E-state index contributed by atoms with van der Waals surface area (Å²) in [5.41, 5.74) is -0.0221. The fourth-order valence-corrected chi connectivity index (χ4v) is 2.16. The smallest absolute Gasteiger partial charge is 0.355 e. The molecule has 0 aliphatic rings. The van der Waals surface area contributed by atoms with Crippen LogP contribution in [0.3, 0.4) is 0 Å². The number of aromatic amines is 1. The first kappa shape index (κ1) is 13.5. The molecule has 2 N–H and O–H groups in total. The summed E-state index contributed by atoms with van der Waals surface area (Å²) in [7, 11) is 0. The lowest BCUT2D eigenvalue weighted by Crippen LogP contribution is -2.08. The fraction of sp³-hybridized carbons (Fsp3) is 0.364. The van der Waals surface area contributed by atoms with Crippen LogP contribution in [0.1, 0.15) is 41.9 Å². The molecule has 0 aliphatic heterocycles. The van der Waals surface area contributed by atoms with E-state index in [-0.39, 0.29) is 11.6 Å². The van der Waals surface area contributed by atoms with Gasteiger partial charge in [0.1, 0.15) is 11.6 Å². The number of aromatic carboxylic acids is 1. The molecule has 0 atom stereocenters. The molecule has 2 heterocycles. The zero-order valence-electron chi connectivity index (χ0n) is 10.7. The van der Waals surface area contributed by atoms with E-state index in [0.717, 1.165) is 11.8 Å². The minimum absolute atomic E-state index is 0.0221. The maximum atomic E-state index is 11.2. The summed E-state index contributed by atoms with van der Waals surface area (Å²) in [6, 6.07) is 0. The van der Waals surface area contributed by atoms with Crippen LogP contribution in [0.25, 0.3) is 0 Å². The molecule has 8 heteroatoms. The van der Waals surface area contributed by atoms with E-state index in [1.807, 2.05) is 13.8 Å². The largest absolute Gasteiger partial charge is 0.476 e. The first-order chi connectivity index (χ1) is 8.97. The summed E-state index contributed by atoms with van der Waals surface area (Å²) in [5.74, 6) is 0.161. The zero-order chi connectivity index (χ0) is 14.0. The fourth-order valence-electron chi connectivity index (χ4n) is 1.36. The summed E-state index contributed by atoms with van der Waals surface area (Å²) in [6.45, 7) is 5.59. The second-order valence-corrected chi connectivity index (χ2v) is 5.22. The molecule has 0 unspecified atom stereocenters. The predicted octanol–water partition coefficient (Wildman–Crippen LogP) is 1.88. The van der Waals surface area contributed by atoms with Crippen LogP contribution in [-0.4, -0.2) is 36.2 Å². The number of aromatic nitrogens is 5. The van der Waals surface area contributed by atoms with Gasteiger partial charge in [0.15, 0.2) is 5.69 Å². The maximum absolute atomic E-state index is 11.2. The molecule has 0 saturated heterocycles. The van der Waals surface area contributed by atoms with E-state index < -0.39 is 5.97 Å². The average Bonchev–Trinajstić information content (AvgIpc) is 2.74. The lowest BCUT2D eigenvalue weighted by atomic mass is 10.2. The van der Waals surface area contributed by atoms with Gasteiger partial charge in [0, 0.05) is 12.1 Å². The molecule has 0 aromatic carbocycles. The van der Waals surface area contributed by atoms with Crippen molar-refractivity contribution in [3.8, 4) is 0 Å². The molecule has 100 valence electrons. The molecule has 2 aromatic heterocycles. The summed E-state index contributed by atoms with van der Waals surface area (Å²) in [4.78, 5) is 24.0. The molecule has 2 aromatic rings. The first-order valence-corrected chi connectivity index (χ1v) is 6.46. The third-order valence-electron chi connectivity index (χ3n) is 2.27. The van der Waals surface area contributed by atoms with Gasteiger partial charge in [-0.1, -0.05) is 13.8 Å².